The summed E-state index contributed by atoms with van der Waals surface area (Å²) in [5.74, 6) is 0.505. The summed E-state index contributed by atoms with van der Waals surface area (Å²) >= 11 is 0. The summed E-state index contributed by atoms with van der Waals surface area (Å²) in [6, 6.07) is 6.19. The van der Waals surface area contributed by atoms with Gasteiger partial charge in [0.15, 0.2) is 0 Å². The predicted molar refractivity (Wildman–Crippen MR) is 92.1 cm³/mol. The summed E-state index contributed by atoms with van der Waals surface area (Å²) in [7, 11) is 1.41. The Labute approximate surface area is 141 Å². The Hall–Kier alpha value is -1.92. The number of carbonyl (C=O) groups is 1. The first kappa shape index (κ1) is 15.6. The van der Waals surface area contributed by atoms with Crippen LogP contribution in [0.3, 0.4) is 0 Å². The summed E-state index contributed by atoms with van der Waals surface area (Å²) < 4.78 is 4.90. The van der Waals surface area contributed by atoms with Gasteiger partial charge in [0, 0.05) is 30.9 Å². The molecule has 3 aliphatic rings. The van der Waals surface area contributed by atoms with Crippen LogP contribution in [0.15, 0.2) is 18.2 Å². The molecule has 0 aliphatic carbocycles. The second-order valence-corrected chi connectivity index (χ2v) is 6.84. The standard InChI is InChI=1S/C18H24N4O2/c1-24-18(23)13-3-2-4-14-17(13)15(21-20-14)5-8-19-16-11-22-9-6-12(16)7-10-22/h2-4,12,16,19H,5-11H2,1H3,(H,20,21). The van der Waals surface area contributed by atoms with E-state index in [1.54, 1.807) is 6.07 Å². The molecular weight excluding hydrogens is 304 g/mol. The number of piperidine rings is 3. The molecule has 128 valence electrons. The van der Waals surface area contributed by atoms with Crippen molar-refractivity contribution in [3.63, 3.8) is 0 Å². The molecule has 0 saturated carbocycles. The van der Waals surface area contributed by atoms with Gasteiger partial charge in [-0.25, -0.2) is 4.79 Å². The zero-order valence-electron chi connectivity index (χ0n) is 14.0. The molecule has 24 heavy (non-hydrogen) atoms. The lowest BCUT2D eigenvalue weighted by molar-refractivity contribution is 0.0603. The fourth-order valence-corrected chi connectivity index (χ4v) is 4.17. The van der Waals surface area contributed by atoms with E-state index >= 15 is 0 Å². The van der Waals surface area contributed by atoms with Gasteiger partial charge in [0.05, 0.1) is 23.9 Å². The molecule has 0 amide bonds. The molecule has 5 rings (SSSR count). The van der Waals surface area contributed by atoms with E-state index in [9.17, 15) is 4.79 Å². The molecular formula is C18H24N4O2. The van der Waals surface area contributed by atoms with Crippen LogP contribution >= 0.6 is 0 Å². The van der Waals surface area contributed by atoms with Crippen LogP contribution in [0.25, 0.3) is 10.9 Å². The molecule has 2 bridgehead atoms. The topological polar surface area (TPSA) is 70.2 Å². The number of nitrogens with one attached hydrogen (secondary N) is 2. The Morgan fingerprint density at radius 2 is 2.25 bits per heavy atom. The number of methoxy groups -OCH3 is 1. The number of carbonyl (C=O) groups excluding carboxylic acids is 1. The summed E-state index contributed by atoms with van der Waals surface area (Å²) in [5, 5.41) is 12.0. The maximum Gasteiger partial charge on any atom is 0.338 e. The summed E-state index contributed by atoms with van der Waals surface area (Å²) in [4.78, 5) is 14.6. The van der Waals surface area contributed by atoms with Crippen LogP contribution < -0.4 is 5.32 Å². The molecule has 3 fully saturated rings. The van der Waals surface area contributed by atoms with Crippen LogP contribution in [0.2, 0.25) is 0 Å². The van der Waals surface area contributed by atoms with E-state index in [4.69, 9.17) is 4.74 Å². The lowest BCUT2D eigenvalue weighted by atomic mass is 9.84. The third-order valence-electron chi connectivity index (χ3n) is 5.49. The van der Waals surface area contributed by atoms with E-state index in [0.29, 0.717) is 11.6 Å². The van der Waals surface area contributed by atoms with Gasteiger partial charge >= 0.3 is 5.97 Å². The van der Waals surface area contributed by atoms with Crippen molar-refractivity contribution in [2.75, 3.05) is 33.3 Å². The lowest BCUT2D eigenvalue weighted by Crippen LogP contribution is -2.56. The predicted octanol–water partition coefficient (Wildman–Crippen LogP) is 1.58. The van der Waals surface area contributed by atoms with Crippen molar-refractivity contribution in [1.29, 1.82) is 0 Å². The minimum absolute atomic E-state index is 0.311. The molecule has 6 nitrogen and oxygen atoms in total. The van der Waals surface area contributed by atoms with Crippen LogP contribution in [0.5, 0.6) is 0 Å². The summed E-state index contributed by atoms with van der Waals surface area (Å²) in [6.07, 6.45) is 3.43. The highest BCUT2D eigenvalue weighted by Gasteiger charge is 2.33. The second-order valence-electron chi connectivity index (χ2n) is 6.84. The van der Waals surface area contributed by atoms with Gasteiger partial charge in [0.2, 0.25) is 0 Å². The second kappa shape index (κ2) is 6.53. The number of benzene rings is 1. The number of esters is 1. The van der Waals surface area contributed by atoms with Gasteiger partial charge < -0.3 is 15.0 Å². The van der Waals surface area contributed by atoms with Gasteiger partial charge in [0.1, 0.15) is 0 Å². The Bertz CT molecular complexity index is 734. The molecule has 6 heteroatoms. The van der Waals surface area contributed by atoms with Crippen LogP contribution in [0, 0.1) is 5.92 Å². The minimum Gasteiger partial charge on any atom is -0.465 e. The molecule has 1 unspecified atom stereocenters. The maximum absolute atomic E-state index is 12.0. The molecule has 3 saturated heterocycles. The fourth-order valence-electron chi connectivity index (χ4n) is 4.17. The Kier molecular flexibility index (Phi) is 4.24. The van der Waals surface area contributed by atoms with Gasteiger partial charge in [-0.15, -0.1) is 0 Å². The normalized spacial score (nSPS) is 26.0. The number of aromatic amines is 1. The SMILES string of the molecule is COC(=O)c1cccc2[nH]nc(CCNC3CN4CCC3CC4)c12. The quantitative estimate of drug-likeness (QED) is 0.816. The molecule has 1 aromatic carbocycles. The fraction of sp³-hybridized carbons (Fsp3) is 0.556. The molecule has 0 spiro atoms. The molecule has 1 atom stereocenters. The zero-order valence-corrected chi connectivity index (χ0v) is 14.0. The molecule has 2 aromatic rings. The number of H-pyrrole nitrogens is 1. The van der Waals surface area contributed by atoms with E-state index in [2.05, 4.69) is 20.4 Å². The monoisotopic (exact) mass is 328 g/mol. The third kappa shape index (κ3) is 2.80. The first-order valence-corrected chi connectivity index (χ1v) is 8.76. The van der Waals surface area contributed by atoms with Crippen molar-refractivity contribution >= 4 is 16.9 Å². The smallest absolute Gasteiger partial charge is 0.338 e. The number of hydrogen-bond acceptors (Lipinski definition) is 5. The number of ether oxygens (including phenoxy) is 1. The van der Waals surface area contributed by atoms with Crippen molar-refractivity contribution in [1.82, 2.24) is 20.4 Å². The van der Waals surface area contributed by atoms with Crippen molar-refractivity contribution in [2.24, 2.45) is 5.92 Å². The van der Waals surface area contributed by atoms with E-state index in [1.807, 2.05) is 12.1 Å². The van der Waals surface area contributed by atoms with Crippen LogP contribution in [-0.2, 0) is 11.2 Å². The number of aromatic nitrogens is 2. The molecule has 4 heterocycles. The van der Waals surface area contributed by atoms with Gasteiger partial charge in [0.25, 0.3) is 0 Å². The summed E-state index contributed by atoms with van der Waals surface area (Å²) in [5.41, 5.74) is 2.40. The molecule has 0 radical (unpaired) electrons. The minimum atomic E-state index is -0.311. The first-order valence-electron chi connectivity index (χ1n) is 8.76. The number of rotatable bonds is 5. The van der Waals surface area contributed by atoms with E-state index < -0.39 is 0 Å². The van der Waals surface area contributed by atoms with Crippen LogP contribution in [0.1, 0.15) is 28.9 Å². The highest BCUT2D eigenvalue weighted by Crippen LogP contribution is 2.27. The van der Waals surface area contributed by atoms with Crippen molar-refractivity contribution in [3.8, 4) is 0 Å². The van der Waals surface area contributed by atoms with E-state index in [0.717, 1.165) is 35.5 Å². The summed E-state index contributed by atoms with van der Waals surface area (Å²) in [6.45, 7) is 4.56. The number of hydrogen-bond donors (Lipinski definition) is 2. The van der Waals surface area contributed by atoms with Gasteiger partial charge in [-0.05, 0) is 44.0 Å². The molecule has 2 N–H and O–H groups in total. The number of fused-ring (bicyclic) bond motifs is 4. The highest BCUT2D eigenvalue weighted by molar-refractivity contribution is 6.04. The van der Waals surface area contributed by atoms with Gasteiger partial charge in [-0.1, -0.05) is 6.07 Å². The average Bonchev–Trinajstić information content (AvgIpc) is 3.05. The lowest BCUT2D eigenvalue weighted by Gasteiger charge is -2.45. The van der Waals surface area contributed by atoms with Crippen molar-refractivity contribution in [3.05, 3.63) is 29.5 Å². The van der Waals surface area contributed by atoms with Gasteiger partial charge in [-0.2, -0.15) is 5.10 Å². The Morgan fingerprint density at radius 3 is 2.96 bits per heavy atom. The van der Waals surface area contributed by atoms with Crippen LogP contribution in [0.4, 0.5) is 0 Å². The molecule has 3 aliphatic heterocycles. The highest BCUT2D eigenvalue weighted by atomic mass is 16.5. The first-order chi connectivity index (χ1) is 11.8. The third-order valence-corrected chi connectivity index (χ3v) is 5.49. The largest absolute Gasteiger partial charge is 0.465 e. The molecule has 1 aromatic heterocycles. The van der Waals surface area contributed by atoms with Crippen molar-refractivity contribution in [2.45, 2.75) is 25.3 Å². The van der Waals surface area contributed by atoms with Crippen LogP contribution in [-0.4, -0.2) is 60.4 Å². The maximum atomic E-state index is 12.0. The van der Waals surface area contributed by atoms with Gasteiger partial charge in [-0.3, -0.25) is 5.10 Å². The Morgan fingerprint density at radius 1 is 1.42 bits per heavy atom. The van der Waals surface area contributed by atoms with E-state index in [-0.39, 0.29) is 5.97 Å². The van der Waals surface area contributed by atoms with Crippen molar-refractivity contribution < 1.29 is 9.53 Å². The zero-order chi connectivity index (χ0) is 16.5. The average molecular weight is 328 g/mol. The number of nitrogens with zero attached hydrogens (tertiary/aromatic N) is 2. The Balaban J connectivity index is 1.46. The van der Waals surface area contributed by atoms with E-state index in [1.165, 1.54) is 39.6 Å².